The summed E-state index contributed by atoms with van der Waals surface area (Å²) in [5, 5.41) is 11.5. The number of carbonyl (C=O) groups is 2. The highest BCUT2D eigenvalue weighted by Crippen LogP contribution is 2.21. The van der Waals surface area contributed by atoms with Gasteiger partial charge >= 0.3 is 12.0 Å². The van der Waals surface area contributed by atoms with Crippen LogP contribution in [0.2, 0.25) is 0 Å². The highest BCUT2D eigenvalue weighted by Gasteiger charge is 2.32. The zero-order valence-electron chi connectivity index (χ0n) is 11.5. The Balaban J connectivity index is 1.89. The molecule has 0 bridgehead atoms. The van der Waals surface area contributed by atoms with Crippen molar-refractivity contribution in [2.24, 2.45) is 0 Å². The van der Waals surface area contributed by atoms with Gasteiger partial charge in [0.1, 0.15) is 6.04 Å². The van der Waals surface area contributed by atoms with Crippen LogP contribution >= 0.6 is 0 Å². The first-order chi connectivity index (χ1) is 9.61. The summed E-state index contributed by atoms with van der Waals surface area (Å²) < 4.78 is 0. The van der Waals surface area contributed by atoms with E-state index in [1.165, 1.54) is 12.8 Å². The zero-order valence-corrected chi connectivity index (χ0v) is 11.5. The molecule has 2 fully saturated rings. The fourth-order valence-corrected chi connectivity index (χ4v) is 2.90. The highest BCUT2D eigenvalue weighted by atomic mass is 16.4. The number of urea groups is 1. The van der Waals surface area contributed by atoms with Gasteiger partial charge in [-0.2, -0.15) is 0 Å². The smallest absolute Gasteiger partial charge is 0.327 e. The average molecular weight is 279 g/mol. The quantitative estimate of drug-likeness (QED) is 0.731. The van der Waals surface area contributed by atoms with E-state index in [1.54, 1.807) is 4.90 Å². The lowest BCUT2D eigenvalue weighted by molar-refractivity contribution is -0.139. The normalized spacial score (nSPS) is 24.4. The standard InChI is InChI=1S/C14H21N3O3/c1-2-5-12(13(18)19)15-14(20)17-9-8-16-7-4-3-6-11(16)10-17/h1,11-12H,3-10H2,(H,15,20)(H,18,19). The third-order valence-electron chi connectivity index (χ3n) is 4.04. The maximum absolute atomic E-state index is 12.1. The monoisotopic (exact) mass is 279 g/mol. The number of hydrogen-bond donors (Lipinski definition) is 2. The summed E-state index contributed by atoms with van der Waals surface area (Å²) in [6.45, 7) is 3.29. The maximum Gasteiger partial charge on any atom is 0.327 e. The predicted molar refractivity (Wildman–Crippen MR) is 74.2 cm³/mol. The van der Waals surface area contributed by atoms with Crippen molar-refractivity contribution in [3.8, 4) is 12.3 Å². The Bertz CT molecular complexity index is 418. The minimum atomic E-state index is -1.09. The van der Waals surface area contributed by atoms with Crippen molar-refractivity contribution in [3.05, 3.63) is 0 Å². The molecule has 2 unspecified atom stereocenters. The molecule has 0 radical (unpaired) electrons. The third kappa shape index (κ3) is 3.42. The number of hydrogen-bond acceptors (Lipinski definition) is 3. The van der Waals surface area contributed by atoms with Crippen molar-refractivity contribution in [2.75, 3.05) is 26.2 Å². The van der Waals surface area contributed by atoms with Gasteiger partial charge in [-0.15, -0.1) is 12.3 Å². The van der Waals surface area contributed by atoms with E-state index in [0.717, 1.165) is 19.5 Å². The van der Waals surface area contributed by atoms with Gasteiger partial charge in [0.05, 0.1) is 0 Å². The van der Waals surface area contributed by atoms with E-state index < -0.39 is 12.0 Å². The van der Waals surface area contributed by atoms with Crippen LogP contribution in [-0.4, -0.2) is 65.2 Å². The fourth-order valence-electron chi connectivity index (χ4n) is 2.90. The Morgan fingerprint density at radius 1 is 1.35 bits per heavy atom. The minimum absolute atomic E-state index is 0.00443. The van der Waals surface area contributed by atoms with Crippen molar-refractivity contribution in [1.29, 1.82) is 0 Å². The average Bonchev–Trinajstić information content (AvgIpc) is 2.46. The first kappa shape index (κ1) is 14.7. The van der Waals surface area contributed by atoms with Crippen molar-refractivity contribution < 1.29 is 14.7 Å². The molecule has 2 aliphatic heterocycles. The second kappa shape index (κ2) is 6.62. The Morgan fingerprint density at radius 2 is 2.15 bits per heavy atom. The molecule has 0 saturated carbocycles. The molecular weight excluding hydrogens is 258 g/mol. The van der Waals surface area contributed by atoms with Gasteiger partial charge in [0.15, 0.2) is 0 Å². The van der Waals surface area contributed by atoms with Gasteiger partial charge in [0, 0.05) is 32.1 Å². The number of aliphatic carboxylic acids is 1. The van der Waals surface area contributed by atoms with Crippen LogP contribution in [0.1, 0.15) is 25.7 Å². The largest absolute Gasteiger partial charge is 0.480 e. The molecule has 0 aromatic heterocycles. The summed E-state index contributed by atoms with van der Waals surface area (Å²) in [6.07, 6.45) is 8.66. The summed E-state index contributed by atoms with van der Waals surface area (Å²) in [5.41, 5.74) is 0. The minimum Gasteiger partial charge on any atom is -0.480 e. The molecule has 2 N–H and O–H groups in total. The van der Waals surface area contributed by atoms with E-state index in [2.05, 4.69) is 16.1 Å². The Labute approximate surface area is 119 Å². The summed E-state index contributed by atoms with van der Waals surface area (Å²) in [7, 11) is 0. The number of amides is 2. The van der Waals surface area contributed by atoms with Crippen molar-refractivity contribution >= 4 is 12.0 Å². The lowest BCUT2D eigenvalue weighted by atomic mass is 10.00. The summed E-state index contributed by atoms with van der Waals surface area (Å²) in [5.74, 6) is 1.19. The van der Waals surface area contributed by atoms with E-state index in [0.29, 0.717) is 19.1 Å². The Hall–Kier alpha value is -1.74. The van der Waals surface area contributed by atoms with Crippen LogP contribution in [0.5, 0.6) is 0 Å². The van der Waals surface area contributed by atoms with Crippen LogP contribution in [0.4, 0.5) is 4.79 Å². The number of fused-ring (bicyclic) bond motifs is 1. The number of carbonyl (C=O) groups excluding carboxylic acids is 1. The molecule has 2 rings (SSSR count). The third-order valence-corrected chi connectivity index (χ3v) is 4.04. The number of piperidine rings is 1. The van der Waals surface area contributed by atoms with Gasteiger partial charge in [-0.05, 0) is 19.4 Å². The van der Waals surface area contributed by atoms with E-state index in [4.69, 9.17) is 11.5 Å². The molecule has 0 aliphatic carbocycles. The van der Waals surface area contributed by atoms with Gasteiger partial charge in [0.25, 0.3) is 0 Å². The van der Waals surface area contributed by atoms with E-state index >= 15 is 0 Å². The first-order valence-corrected chi connectivity index (χ1v) is 7.07. The zero-order chi connectivity index (χ0) is 14.5. The summed E-state index contributed by atoms with van der Waals surface area (Å²) >= 11 is 0. The highest BCUT2D eigenvalue weighted by molar-refractivity contribution is 5.82. The number of carboxylic acids is 1. The molecule has 0 aromatic carbocycles. The molecule has 0 aromatic rings. The summed E-state index contributed by atoms with van der Waals surface area (Å²) in [4.78, 5) is 27.3. The summed E-state index contributed by atoms with van der Waals surface area (Å²) in [6, 6.07) is -0.908. The molecule has 2 heterocycles. The maximum atomic E-state index is 12.1. The van der Waals surface area contributed by atoms with Crippen molar-refractivity contribution in [3.63, 3.8) is 0 Å². The fraction of sp³-hybridized carbons (Fsp3) is 0.714. The number of nitrogens with zero attached hydrogens (tertiary/aromatic N) is 2. The Morgan fingerprint density at radius 3 is 2.85 bits per heavy atom. The van der Waals surface area contributed by atoms with E-state index in [1.807, 2.05) is 0 Å². The number of piperazine rings is 1. The molecule has 6 heteroatoms. The Kier molecular flexibility index (Phi) is 4.85. The molecule has 6 nitrogen and oxygen atoms in total. The molecule has 2 aliphatic rings. The number of rotatable bonds is 3. The van der Waals surface area contributed by atoms with Gasteiger partial charge < -0.3 is 15.3 Å². The van der Waals surface area contributed by atoms with Gasteiger partial charge in [-0.3, -0.25) is 4.90 Å². The number of carboxylic acid groups (broad SMARTS) is 1. The van der Waals surface area contributed by atoms with Crippen LogP contribution in [0.25, 0.3) is 0 Å². The van der Waals surface area contributed by atoms with Crippen molar-refractivity contribution in [2.45, 2.75) is 37.8 Å². The number of nitrogens with one attached hydrogen (secondary N) is 1. The molecule has 2 atom stereocenters. The molecule has 2 amide bonds. The first-order valence-electron chi connectivity index (χ1n) is 7.07. The van der Waals surface area contributed by atoms with Gasteiger partial charge in [0.2, 0.25) is 0 Å². The predicted octanol–water partition coefficient (Wildman–Crippen LogP) is 0.343. The van der Waals surface area contributed by atoms with Gasteiger partial charge in [-0.25, -0.2) is 9.59 Å². The van der Waals surface area contributed by atoms with E-state index in [9.17, 15) is 9.59 Å². The topological polar surface area (TPSA) is 72.9 Å². The molecule has 110 valence electrons. The SMILES string of the molecule is C#CCC(NC(=O)N1CCN2CCCCC2C1)C(=O)O. The van der Waals surface area contributed by atoms with Crippen LogP contribution < -0.4 is 5.32 Å². The number of terminal acetylenes is 1. The molecule has 20 heavy (non-hydrogen) atoms. The molecule has 0 spiro atoms. The van der Waals surface area contributed by atoms with E-state index in [-0.39, 0.29) is 12.5 Å². The van der Waals surface area contributed by atoms with Crippen LogP contribution in [-0.2, 0) is 4.79 Å². The van der Waals surface area contributed by atoms with Crippen LogP contribution in [0, 0.1) is 12.3 Å². The lowest BCUT2D eigenvalue weighted by Gasteiger charge is -2.44. The second-order valence-corrected chi connectivity index (χ2v) is 5.38. The van der Waals surface area contributed by atoms with Crippen LogP contribution in [0.15, 0.2) is 0 Å². The lowest BCUT2D eigenvalue weighted by Crippen LogP contribution is -2.59. The molecular formula is C14H21N3O3. The molecule has 2 saturated heterocycles. The van der Waals surface area contributed by atoms with Crippen molar-refractivity contribution in [1.82, 2.24) is 15.1 Å². The van der Waals surface area contributed by atoms with Crippen LogP contribution in [0.3, 0.4) is 0 Å². The second-order valence-electron chi connectivity index (χ2n) is 5.38. The van der Waals surface area contributed by atoms with Gasteiger partial charge in [-0.1, -0.05) is 6.42 Å².